The first-order valence-electron chi connectivity index (χ1n) is 12.4. The van der Waals surface area contributed by atoms with Gasteiger partial charge in [0.2, 0.25) is 17.7 Å². The van der Waals surface area contributed by atoms with Crippen LogP contribution in [0.5, 0.6) is 5.75 Å². The second kappa shape index (κ2) is 9.26. The van der Waals surface area contributed by atoms with Crippen molar-refractivity contribution in [1.82, 2.24) is 15.1 Å². The van der Waals surface area contributed by atoms with E-state index >= 15 is 0 Å². The number of imide groups is 1. The minimum Gasteiger partial charge on any atom is -0.489 e. The Bertz CT molecular complexity index is 1270. The maximum absolute atomic E-state index is 13.1. The maximum Gasteiger partial charge on any atom is 0.255 e. The third-order valence-corrected chi connectivity index (χ3v) is 6.05. The van der Waals surface area contributed by atoms with Crippen molar-refractivity contribution in [3.63, 3.8) is 0 Å². The highest BCUT2D eigenvalue weighted by atomic mass is 16.5. The fraction of sp³-hybridized carbons (Fsp3) is 0.360. The minimum absolute atomic E-state index is 0.0368. The predicted molar refractivity (Wildman–Crippen MR) is 119 cm³/mol. The zero-order chi connectivity index (χ0) is 26.3. The van der Waals surface area contributed by atoms with Crippen molar-refractivity contribution in [3.05, 3.63) is 64.7 Å². The standard InChI is InChI=1S/C25H25N3O6/c29-22-9-8-20(24(31)26-22)28-13-19-18(25(28)32)2-1-3-21(19)34-14-17-6-4-16(5-7-17)12-27-10-11-33-15-23(27)30/h1-7,20H,8-15H2,(H,26,29,31)/i8D2/hD. The SMILES string of the molecule is [2H]N1C(=O)CC([2H])([2H])C(N2Cc3c(OCc4ccc(CN5CCOCC5=O)cc4)cccc3C2=O)C1=O. The fourth-order valence-electron chi connectivity index (χ4n) is 4.25. The van der Waals surface area contributed by atoms with Crippen LogP contribution in [0.4, 0.5) is 0 Å². The van der Waals surface area contributed by atoms with E-state index in [1.54, 1.807) is 23.1 Å². The lowest BCUT2D eigenvalue weighted by molar-refractivity contribution is -0.143. The summed E-state index contributed by atoms with van der Waals surface area (Å²) >= 11 is 0. The van der Waals surface area contributed by atoms with Crippen molar-refractivity contribution in [2.75, 3.05) is 19.8 Å². The summed E-state index contributed by atoms with van der Waals surface area (Å²) in [6.45, 7) is 1.82. The average Bonchev–Trinajstić information content (AvgIpc) is 3.19. The molecule has 176 valence electrons. The number of nitrogens with one attached hydrogen (secondary N) is 1. The van der Waals surface area contributed by atoms with Crippen molar-refractivity contribution in [2.45, 2.75) is 38.5 Å². The molecule has 0 aliphatic carbocycles. The molecule has 5 rings (SSSR count). The Morgan fingerprint density at radius 2 is 1.91 bits per heavy atom. The Balaban J connectivity index is 1.28. The molecule has 0 bridgehead atoms. The summed E-state index contributed by atoms with van der Waals surface area (Å²) in [5, 5.41) is 0.137. The van der Waals surface area contributed by atoms with E-state index in [2.05, 4.69) is 0 Å². The molecule has 3 heterocycles. The number of hydrogen-bond acceptors (Lipinski definition) is 6. The van der Waals surface area contributed by atoms with Crippen LogP contribution in [0.1, 0.15) is 42.6 Å². The Kier molecular flexibility index (Phi) is 5.09. The second-order valence-corrected chi connectivity index (χ2v) is 8.32. The summed E-state index contributed by atoms with van der Waals surface area (Å²) < 4.78 is 35.3. The summed E-state index contributed by atoms with van der Waals surface area (Å²) in [5.74, 6) is -2.16. The molecule has 9 heteroatoms. The van der Waals surface area contributed by atoms with Gasteiger partial charge in [0, 0.05) is 33.4 Å². The maximum atomic E-state index is 13.1. The molecular formula is C25H25N3O6. The highest BCUT2D eigenvalue weighted by Crippen LogP contribution is 2.34. The van der Waals surface area contributed by atoms with Crippen LogP contribution >= 0.6 is 0 Å². The van der Waals surface area contributed by atoms with Gasteiger partial charge in [-0.1, -0.05) is 30.3 Å². The Morgan fingerprint density at radius 3 is 2.71 bits per heavy atom. The van der Waals surface area contributed by atoms with Gasteiger partial charge in [-0.15, -0.1) is 0 Å². The number of hydrogen-bond donors (Lipinski definition) is 1. The van der Waals surface area contributed by atoms with Crippen LogP contribution in [0.3, 0.4) is 0 Å². The molecule has 0 aromatic heterocycles. The molecule has 1 atom stereocenters. The van der Waals surface area contributed by atoms with Gasteiger partial charge in [-0.25, -0.2) is 0 Å². The smallest absolute Gasteiger partial charge is 0.255 e. The number of ether oxygens (including phenoxy) is 2. The molecule has 4 amide bonds. The summed E-state index contributed by atoms with van der Waals surface area (Å²) in [4.78, 5) is 52.3. The summed E-state index contributed by atoms with van der Waals surface area (Å²) in [6.07, 6.45) is -2.95. The molecule has 3 aliphatic heterocycles. The third kappa shape index (κ3) is 4.38. The van der Waals surface area contributed by atoms with Crippen LogP contribution in [0.25, 0.3) is 0 Å². The zero-order valence-electron chi connectivity index (χ0n) is 21.4. The number of nitrogens with zero attached hydrogens (tertiary/aromatic N) is 2. The van der Waals surface area contributed by atoms with Gasteiger partial charge >= 0.3 is 0 Å². The van der Waals surface area contributed by atoms with Crippen molar-refractivity contribution in [2.24, 2.45) is 0 Å². The quantitative estimate of drug-likeness (QED) is 0.645. The number of rotatable bonds is 6. The van der Waals surface area contributed by atoms with Gasteiger partial charge in [-0.2, -0.15) is 0 Å². The van der Waals surface area contributed by atoms with Crippen LogP contribution in [0, 0.1) is 0 Å². The van der Waals surface area contributed by atoms with E-state index in [-0.39, 0.29) is 31.0 Å². The summed E-state index contributed by atoms with van der Waals surface area (Å²) in [6, 6.07) is 11.0. The molecule has 34 heavy (non-hydrogen) atoms. The number of amides is 4. The van der Waals surface area contributed by atoms with Gasteiger partial charge in [-0.05, 0) is 29.6 Å². The number of benzene rings is 2. The molecular weight excluding hydrogens is 438 g/mol. The molecule has 2 fully saturated rings. The van der Waals surface area contributed by atoms with Crippen molar-refractivity contribution in [1.29, 1.82) is 0 Å². The Labute approximate surface area is 200 Å². The molecule has 2 aromatic carbocycles. The number of fused-ring (bicyclic) bond motifs is 1. The molecule has 0 spiro atoms. The van der Waals surface area contributed by atoms with Crippen LogP contribution in [-0.2, 0) is 38.8 Å². The molecule has 1 unspecified atom stereocenters. The molecule has 0 radical (unpaired) electrons. The van der Waals surface area contributed by atoms with Crippen LogP contribution < -0.4 is 10.0 Å². The first kappa shape index (κ1) is 18.7. The van der Waals surface area contributed by atoms with Gasteiger partial charge in [0.25, 0.3) is 5.91 Å². The lowest BCUT2D eigenvalue weighted by Crippen LogP contribution is -2.52. The number of carbonyl (C=O) groups is 4. The van der Waals surface area contributed by atoms with Crippen molar-refractivity contribution >= 4 is 23.6 Å². The lowest BCUT2D eigenvalue weighted by Gasteiger charge is -2.29. The van der Waals surface area contributed by atoms with Crippen LogP contribution in [0.15, 0.2) is 42.5 Å². The van der Waals surface area contributed by atoms with Gasteiger partial charge in [-0.3, -0.25) is 24.5 Å². The summed E-state index contributed by atoms with van der Waals surface area (Å²) in [5.41, 5.74) is 2.67. The predicted octanol–water partition coefficient (Wildman–Crippen LogP) is 1.39. The van der Waals surface area contributed by atoms with E-state index in [1.165, 1.54) is 0 Å². The van der Waals surface area contributed by atoms with Gasteiger partial charge in [0.05, 0.1) is 13.2 Å². The molecule has 1 N–H and O–H groups in total. The van der Waals surface area contributed by atoms with E-state index in [4.69, 9.17) is 13.6 Å². The van der Waals surface area contributed by atoms with E-state index < -0.39 is 36.6 Å². The molecule has 0 saturated carbocycles. The lowest BCUT2D eigenvalue weighted by atomic mass is 10.0. The van der Waals surface area contributed by atoms with Crippen LogP contribution in [0.2, 0.25) is 1.41 Å². The number of piperidine rings is 1. The van der Waals surface area contributed by atoms with Gasteiger partial charge in [0.1, 0.15) is 25.0 Å². The minimum atomic E-state index is -2.29. The molecule has 2 aromatic rings. The normalized spacial score (nSPS) is 23.5. The Hall–Kier alpha value is -3.72. The van der Waals surface area contributed by atoms with Crippen molar-refractivity contribution in [3.8, 4) is 5.75 Å². The highest BCUT2D eigenvalue weighted by molar-refractivity contribution is 6.05. The van der Waals surface area contributed by atoms with Gasteiger partial charge in [0.15, 0.2) is 1.41 Å². The molecule has 2 saturated heterocycles. The largest absolute Gasteiger partial charge is 0.489 e. The van der Waals surface area contributed by atoms with Gasteiger partial charge < -0.3 is 19.3 Å². The van der Waals surface area contributed by atoms with E-state index in [0.717, 1.165) is 16.0 Å². The zero-order valence-corrected chi connectivity index (χ0v) is 18.4. The fourth-order valence-corrected chi connectivity index (χ4v) is 4.25. The van der Waals surface area contributed by atoms with Crippen molar-refractivity contribution < 1.29 is 32.8 Å². The first-order valence-corrected chi connectivity index (χ1v) is 11.0. The first-order chi connectivity index (χ1) is 17.7. The van der Waals surface area contributed by atoms with Crippen LogP contribution in [-0.4, -0.2) is 59.2 Å². The average molecular weight is 467 g/mol. The third-order valence-electron chi connectivity index (χ3n) is 6.05. The Morgan fingerprint density at radius 1 is 1.12 bits per heavy atom. The number of morpholine rings is 1. The monoisotopic (exact) mass is 466 g/mol. The molecule has 9 nitrogen and oxygen atoms in total. The van der Waals surface area contributed by atoms with E-state index in [1.807, 2.05) is 24.3 Å². The highest BCUT2D eigenvalue weighted by Gasteiger charge is 2.40. The second-order valence-electron chi connectivity index (χ2n) is 8.32. The topological polar surface area (TPSA) is 105 Å². The van der Waals surface area contributed by atoms with E-state index in [9.17, 15) is 19.2 Å². The number of carbonyl (C=O) groups excluding carboxylic acids is 4. The van der Waals surface area contributed by atoms with E-state index in [0.29, 0.717) is 36.6 Å². The summed E-state index contributed by atoms with van der Waals surface area (Å²) in [7, 11) is 0. The molecule has 3 aliphatic rings.